The maximum atomic E-state index is 10.8. The van der Waals surface area contributed by atoms with Gasteiger partial charge >= 0.3 is 11.9 Å². The van der Waals surface area contributed by atoms with Crippen molar-refractivity contribution in [1.82, 2.24) is 0 Å². The fourth-order valence-corrected chi connectivity index (χ4v) is 0.682. The van der Waals surface area contributed by atoms with E-state index in [9.17, 15) is 9.59 Å². The van der Waals surface area contributed by atoms with Crippen molar-refractivity contribution in [2.24, 2.45) is 0 Å². The summed E-state index contributed by atoms with van der Waals surface area (Å²) in [5, 5.41) is 15.2. The summed E-state index contributed by atoms with van der Waals surface area (Å²) in [4.78, 5) is 21.5. The molecule has 0 saturated carbocycles. The normalized spacial score (nSPS) is 10.4. The van der Waals surface area contributed by atoms with Crippen LogP contribution in [0, 0.1) is 0 Å². The van der Waals surface area contributed by atoms with Gasteiger partial charge in [-0.25, -0.2) is 9.59 Å². The molecule has 0 aromatic heterocycles. The Kier molecular flexibility index (Phi) is 13.9. The van der Waals surface area contributed by atoms with Gasteiger partial charge in [0.1, 0.15) is 12.7 Å². The van der Waals surface area contributed by atoms with E-state index in [2.05, 4.69) is 13.2 Å². The second-order valence-electron chi connectivity index (χ2n) is 2.95. The Labute approximate surface area is 107 Å². The van der Waals surface area contributed by atoms with Crippen molar-refractivity contribution in [2.75, 3.05) is 19.8 Å². The fourth-order valence-electron chi connectivity index (χ4n) is 0.682. The topological polar surface area (TPSA) is 93.1 Å². The van der Waals surface area contributed by atoms with Crippen LogP contribution in [0.3, 0.4) is 0 Å². The number of esters is 2. The van der Waals surface area contributed by atoms with Gasteiger partial charge in [-0.05, 0) is 6.42 Å². The van der Waals surface area contributed by atoms with Gasteiger partial charge in [0.05, 0.1) is 13.2 Å². The zero-order valence-electron chi connectivity index (χ0n) is 10.5. The van der Waals surface area contributed by atoms with Crippen LogP contribution in [0.15, 0.2) is 25.3 Å². The number of rotatable bonds is 7. The number of aliphatic hydroxyl groups is 2. The minimum absolute atomic E-state index is 0.0426. The summed E-state index contributed by atoms with van der Waals surface area (Å²) in [5.74, 6) is -1.05. The molecule has 0 aromatic carbocycles. The molecule has 0 fully saturated rings. The zero-order chi connectivity index (χ0) is 14.4. The van der Waals surface area contributed by atoms with E-state index in [1.807, 2.05) is 6.92 Å². The maximum Gasteiger partial charge on any atom is 0.330 e. The first-order chi connectivity index (χ1) is 8.55. The maximum absolute atomic E-state index is 10.8. The molecule has 104 valence electrons. The van der Waals surface area contributed by atoms with E-state index in [1.54, 1.807) is 0 Å². The third-order valence-corrected chi connectivity index (χ3v) is 1.58. The Bertz CT molecular complexity index is 259. The van der Waals surface area contributed by atoms with Crippen LogP contribution < -0.4 is 0 Å². The molecule has 6 nitrogen and oxygen atoms in total. The van der Waals surface area contributed by atoms with Gasteiger partial charge < -0.3 is 19.7 Å². The molecular weight excluding hydrogens is 240 g/mol. The minimum atomic E-state index is -0.530. The summed E-state index contributed by atoms with van der Waals surface area (Å²) < 4.78 is 9.60. The van der Waals surface area contributed by atoms with Crippen LogP contribution in [-0.4, -0.2) is 48.1 Å². The van der Waals surface area contributed by atoms with Gasteiger partial charge in [0, 0.05) is 12.2 Å². The zero-order valence-corrected chi connectivity index (χ0v) is 10.5. The Morgan fingerprint density at radius 3 is 2.00 bits per heavy atom. The quantitative estimate of drug-likeness (QED) is 0.501. The first kappa shape index (κ1) is 18.7. The first-order valence-corrected chi connectivity index (χ1v) is 5.39. The summed E-state index contributed by atoms with van der Waals surface area (Å²) in [6.07, 6.45) is 2.27. The monoisotopic (exact) mass is 260 g/mol. The molecule has 1 unspecified atom stereocenters. The van der Waals surface area contributed by atoms with Crippen molar-refractivity contribution in [3.8, 4) is 0 Å². The van der Waals surface area contributed by atoms with Crippen LogP contribution in [0.1, 0.15) is 13.3 Å². The molecular formula is C12H20O6. The highest BCUT2D eigenvalue weighted by molar-refractivity contribution is 5.82. The van der Waals surface area contributed by atoms with E-state index >= 15 is 0 Å². The summed E-state index contributed by atoms with van der Waals surface area (Å²) in [6.45, 7) is 8.12. The van der Waals surface area contributed by atoms with Crippen LogP contribution in [0.5, 0.6) is 0 Å². The van der Waals surface area contributed by atoms with Crippen LogP contribution >= 0.6 is 0 Å². The van der Waals surface area contributed by atoms with Gasteiger partial charge in [-0.2, -0.15) is 0 Å². The van der Waals surface area contributed by atoms with E-state index in [-0.39, 0.29) is 19.8 Å². The van der Waals surface area contributed by atoms with E-state index in [4.69, 9.17) is 19.7 Å². The van der Waals surface area contributed by atoms with Crippen molar-refractivity contribution in [3.05, 3.63) is 25.3 Å². The fraction of sp³-hybridized carbons (Fsp3) is 0.500. The van der Waals surface area contributed by atoms with Crippen LogP contribution in [0.25, 0.3) is 0 Å². The van der Waals surface area contributed by atoms with Crippen molar-refractivity contribution in [3.63, 3.8) is 0 Å². The molecule has 6 heteroatoms. The van der Waals surface area contributed by atoms with Gasteiger partial charge in [-0.3, -0.25) is 0 Å². The molecule has 2 N–H and O–H groups in total. The highest BCUT2D eigenvalue weighted by Crippen LogP contribution is 2.00. The number of hydrogen-bond acceptors (Lipinski definition) is 6. The third-order valence-electron chi connectivity index (χ3n) is 1.58. The molecule has 0 aliphatic rings. The van der Waals surface area contributed by atoms with E-state index in [0.717, 1.165) is 12.2 Å². The van der Waals surface area contributed by atoms with E-state index < -0.39 is 18.0 Å². The van der Waals surface area contributed by atoms with E-state index in [1.165, 1.54) is 0 Å². The SMILES string of the molecule is C=CC(=O)OCC(CC)OC(=O)C=C.OCCO. The van der Waals surface area contributed by atoms with Crippen molar-refractivity contribution in [2.45, 2.75) is 19.4 Å². The lowest BCUT2D eigenvalue weighted by molar-refractivity contribution is -0.152. The molecule has 0 heterocycles. The molecule has 0 aromatic rings. The molecule has 1 atom stereocenters. The summed E-state index contributed by atoms with van der Waals surface area (Å²) in [7, 11) is 0. The molecule has 0 spiro atoms. The summed E-state index contributed by atoms with van der Waals surface area (Å²) >= 11 is 0. The van der Waals surface area contributed by atoms with Gasteiger partial charge in [-0.15, -0.1) is 0 Å². The smallest absolute Gasteiger partial charge is 0.330 e. The minimum Gasteiger partial charge on any atom is -0.459 e. The highest BCUT2D eigenvalue weighted by Gasteiger charge is 2.11. The second kappa shape index (κ2) is 13.4. The molecule has 0 rings (SSSR count). The molecule has 0 saturated heterocycles. The van der Waals surface area contributed by atoms with Gasteiger partial charge in [-0.1, -0.05) is 20.1 Å². The number of ether oxygens (including phenoxy) is 2. The molecule has 0 amide bonds. The van der Waals surface area contributed by atoms with Crippen molar-refractivity contribution >= 4 is 11.9 Å². The van der Waals surface area contributed by atoms with Gasteiger partial charge in [0.25, 0.3) is 0 Å². The highest BCUT2D eigenvalue weighted by atomic mass is 16.6. The van der Waals surface area contributed by atoms with Gasteiger partial charge in [0.2, 0.25) is 0 Å². The number of carbonyl (C=O) groups is 2. The average Bonchev–Trinajstić information content (AvgIpc) is 2.42. The number of hydrogen-bond donors (Lipinski definition) is 2. The predicted molar refractivity (Wildman–Crippen MR) is 65.7 cm³/mol. The lowest BCUT2D eigenvalue weighted by Gasteiger charge is -2.14. The molecule has 0 bridgehead atoms. The van der Waals surface area contributed by atoms with Crippen LogP contribution in [0.2, 0.25) is 0 Å². The number of carbonyl (C=O) groups excluding carboxylic acids is 2. The lowest BCUT2D eigenvalue weighted by atomic mass is 10.3. The Morgan fingerprint density at radius 2 is 1.67 bits per heavy atom. The van der Waals surface area contributed by atoms with Gasteiger partial charge in [0.15, 0.2) is 0 Å². The predicted octanol–water partition coefficient (Wildman–Crippen LogP) is 0.194. The van der Waals surface area contributed by atoms with Crippen molar-refractivity contribution in [1.29, 1.82) is 0 Å². The van der Waals surface area contributed by atoms with Crippen LogP contribution in [-0.2, 0) is 19.1 Å². The summed E-state index contributed by atoms with van der Waals surface area (Å²) in [5.41, 5.74) is 0. The second-order valence-corrected chi connectivity index (χ2v) is 2.95. The average molecular weight is 260 g/mol. The standard InChI is InChI=1S/C10H14O4.C2H6O2/c1-4-8(14-10(12)6-3)7-13-9(11)5-2;3-1-2-4/h5-6,8H,2-4,7H2,1H3;3-4H,1-2H2. The largest absolute Gasteiger partial charge is 0.459 e. The summed E-state index contributed by atoms with van der Waals surface area (Å²) in [6, 6.07) is 0. The van der Waals surface area contributed by atoms with Crippen LogP contribution in [0.4, 0.5) is 0 Å². The molecule has 0 radical (unpaired) electrons. The number of aliphatic hydroxyl groups excluding tert-OH is 2. The first-order valence-electron chi connectivity index (χ1n) is 5.39. The van der Waals surface area contributed by atoms with E-state index in [0.29, 0.717) is 6.42 Å². The Morgan fingerprint density at radius 1 is 1.17 bits per heavy atom. The lowest BCUT2D eigenvalue weighted by Crippen LogP contribution is -2.23. The third kappa shape index (κ3) is 12.4. The molecule has 18 heavy (non-hydrogen) atoms. The Balaban J connectivity index is 0. The molecule has 0 aliphatic carbocycles. The Hall–Kier alpha value is -1.66. The van der Waals surface area contributed by atoms with Crippen molar-refractivity contribution < 1.29 is 29.3 Å². The molecule has 0 aliphatic heterocycles.